The molecule has 8 heteroatoms. The molecule has 0 aliphatic rings. The van der Waals surface area contributed by atoms with E-state index in [9.17, 15) is 13.2 Å². The summed E-state index contributed by atoms with van der Waals surface area (Å²) in [5, 5.41) is 3.16. The van der Waals surface area contributed by atoms with Crippen molar-refractivity contribution in [3.63, 3.8) is 0 Å². The number of ether oxygens (including phenoxy) is 1. The van der Waals surface area contributed by atoms with Gasteiger partial charge in [0.2, 0.25) is 15.9 Å². The summed E-state index contributed by atoms with van der Waals surface area (Å²) in [5.41, 5.74) is 0.374. The molecule has 1 N–H and O–H groups in total. The molecule has 0 saturated carbocycles. The lowest BCUT2D eigenvalue weighted by molar-refractivity contribution is -0.122. The van der Waals surface area contributed by atoms with Crippen LogP contribution in [0, 0.1) is 0 Å². The standard InChI is InChI=1S/C15H23ClN2O4S/c1-4-14(15(19)17-9-6-10-22-2)18(23(3,20)21)13-8-5-7-12(16)11-13/h5,7-8,11,14H,4,6,9-10H2,1-3H3,(H,17,19)/t14-/m0/s1. The molecule has 1 atom stereocenters. The Morgan fingerprint density at radius 3 is 2.65 bits per heavy atom. The summed E-state index contributed by atoms with van der Waals surface area (Å²) in [4.78, 5) is 12.4. The molecule has 1 aromatic rings. The number of rotatable bonds is 9. The van der Waals surface area contributed by atoms with E-state index >= 15 is 0 Å². The average Bonchev–Trinajstić information content (AvgIpc) is 2.47. The minimum atomic E-state index is -3.64. The maximum atomic E-state index is 12.4. The molecule has 1 rings (SSSR count). The zero-order valence-corrected chi connectivity index (χ0v) is 15.2. The van der Waals surface area contributed by atoms with Crippen LogP contribution in [0.3, 0.4) is 0 Å². The first kappa shape index (κ1) is 19.7. The van der Waals surface area contributed by atoms with Crippen molar-refractivity contribution >= 4 is 33.2 Å². The van der Waals surface area contributed by atoms with Gasteiger partial charge in [-0.1, -0.05) is 24.6 Å². The zero-order chi connectivity index (χ0) is 17.5. The molecule has 0 aromatic heterocycles. The third-order valence-corrected chi connectivity index (χ3v) is 4.63. The SMILES string of the molecule is CC[C@@H](C(=O)NCCCOC)N(c1cccc(Cl)c1)S(C)(=O)=O. The number of hydrogen-bond donors (Lipinski definition) is 1. The van der Waals surface area contributed by atoms with Crippen LogP contribution in [0.25, 0.3) is 0 Å². The van der Waals surface area contributed by atoms with Crippen LogP contribution in [0.1, 0.15) is 19.8 Å². The number of carbonyl (C=O) groups excluding carboxylic acids is 1. The van der Waals surface area contributed by atoms with Crippen molar-refractivity contribution in [1.82, 2.24) is 5.32 Å². The number of halogens is 1. The normalized spacial score (nSPS) is 12.7. The second-order valence-electron chi connectivity index (χ2n) is 5.10. The lowest BCUT2D eigenvalue weighted by Crippen LogP contribution is -2.49. The first-order chi connectivity index (χ1) is 10.8. The second kappa shape index (κ2) is 9.10. The Kier molecular flexibility index (Phi) is 7.81. The van der Waals surface area contributed by atoms with Gasteiger partial charge >= 0.3 is 0 Å². The van der Waals surface area contributed by atoms with Crippen molar-refractivity contribution in [2.24, 2.45) is 0 Å². The van der Waals surface area contributed by atoms with E-state index < -0.39 is 16.1 Å². The van der Waals surface area contributed by atoms with Crippen molar-refractivity contribution in [3.05, 3.63) is 29.3 Å². The van der Waals surface area contributed by atoms with Gasteiger partial charge in [0.05, 0.1) is 11.9 Å². The fourth-order valence-electron chi connectivity index (χ4n) is 2.22. The van der Waals surface area contributed by atoms with E-state index in [1.807, 2.05) is 0 Å². The number of nitrogens with zero attached hydrogens (tertiary/aromatic N) is 1. The van der Waals surface area contributed by atoms with Gasteiger partial charge in [-0.3, -0.25) is 9.10 Å². The molecule has 0 unspecified atom stereocenters. The summed E-state index contributed by atoms with van der Waals surface area (Å²) in [6.07, 6.45) is 2.08. The van der Waals surface area contributed by atoms with Crippen molar-refractivity contribution < 1.29 is 17.9 Å². The molecule has 1 aromatic carbocycles. The monoisotopic (exact) mass is 362 g/mol. The zero-order valence-electron chi connectivity index (χ0n) is 13.6. The van der Waals surface area contributed by atoms with E-state index in [-0.39, 0.29) is 5.91 Å². The number of nitrogens with one attached hydrogen (secondary N) is 1. The van der Waals surface area contributed by atoms with Crippen LogP contribution in [-0.2, 0) is 19.6 Å². The second-order valence-corrected chi connectivity index (χ2v) is 7.40. The molecule has 0 heterocycles. The molecule has 0 saturated heterocycles. The maximum Gasteiger partial charge on any atom is 0.243 e. The highest BCUT2D eigenvalue weighted by molar-refractivity contribution is 7.92. The molecule has 0 aliphatic heterocycles. The highest BCUT2D eigenvalue weighted by Gasteiger charge is 2.31. The van der Waals surface area contributed by atoms with Gasteiger partial charge in [-0.05, 0) is 31.0 Å². The first-order valence-corrected chi connectivity index (χ1v) is 9.55. The Labute approximate surface area is 142 Å². The van der Waals surface area contributed by atoms with Gasteiger partial charge in [0, 0.05) is 25.3 Å². The summed E-state index contributed by atoms with van der Waals surface area (Å²) < 4.78 is 30.5. The molecule has 0 radical (unpaired) electrons. The Balaban J connectivity index is 3.02. The van der Waals surface area contributed by atoms with E-state index in [1.54, 1.807) is 32.2 Å². The minimum absolute atomic E-state index is 0.339. The predicted molar refractivity (Wildman–Crippen MR) is 92.4 cm³/mol. The van der Waals surface area contributed by atoms with E-state index in [0.717, 1.165) is 10.6 Å². The molecule has 0 spiro atoms. The summed E-state index contributed by atoms with van der Waals surface area (Å²) in [5.74, 6) is -0.339. The van der Waals surface area contributed by atoms with Crippen molar-refractivity contribution in [2.75, 3.05) is 30.8 Å². The smallest absolute Gasteiger partial charge is 0.243 e. The lowest BCUT2D eigenvalue weighted by Gasteiger charge is -2.30. The maximum absolute atomic E-state index is 12.4. The van der Waals surface area contributed by atoms with Crippen LogP contribution in [-0.4, -0.2) is 46.9 Å². The number of hydrogen-bond acceptors (Lipinski definition) is 4. The van der Waals surface area contributed by atoms with Crippen molar-refractivity contribution in [2.45, 2.75) is 25.8 Å². The molecular formula is C15H23ClN2O4S. The number of benzene rings is 1. The average molecular weight is 363 g/mol. The highest BCUT2D eigenvalue weighted by atomic mass is 35.5. The van der Waals surface area contributed by atoms with Crippen LogP contribution in [0.4, 0.5) is 5.69 Å². The molecule has 23 heavy (non-hydrogen) atoms. The van der Waals surface area contributed by atoms with Crippen LogP contribution < -0.4 is 9.62 Å². The first-order valence-electron chi connectivity index (χ1n) is 7.32. The number of carbonyl (C=O) groups is 1. The van der Waals surface area contributed by atoms with E-state index in [2.05, 4.69) is 5.32 Å². The largest absolute Gasteiger partial charge is 0.385 e. The van der Waals surface area contributed by atoms with Gasteiger partial charge < -0.3 is 10.1 Å². The molecule has 0 aliphatic carbocycles. The number of amides is 1. The molecule has 6 nitrogen and oxygen atoms in total. The quantitative estimate of drug-likeness (QED) is 0.682. The minimum Gasteiger partial charge on any atom is -0.385 e. The van der Waals surface area contributed by atoms with Crippen LogP contribution in [0.2, 0.25) is 5.02 Å². The van der Waals surface area contributed by atoms with Crippen LogP contribution in [0.15, 0.2) is 24.3 Å². The van der Waals surface area contributed by atoms with Gasteiger partial charge in [0.25, 0.3) is 0 Å². The van der Waals surface area contributed by atoms with Gasteiger partial charge in [0.1, 0.15) is 6.04 Å². The third-order valence-electron chi connectivity index (χ3n) is 3.22. The summed E-state index contributed by atoms with van der Waals surface area (Å²) in [6, 6.07) is 5.62. The summed E-state index contributed by atoms with van der Waals surface area (Å²) >= 11 is 5.95. The van der Waals surface area contributed by atoms with Crippen LogP contribution in [0.5, 0.6) is 0 Å². The summed E-state index contributed by atoms with van der Waals surface area (Å²) in [6.45, 7) is 2.72. The third kappa shape index (κ3) is 6.01. The Morgan fingerprint density at radius 1 is 1.43 bits per heavy atom. The Morgan fingerprint density at radius 2 is 2.13 bits per heavy atom. The fourth-order valence-corrected chi connectivity index (χ4v) is 3.61. The molecular weight excluding hydrogens is 340 g/mol. The molecule has 1 amide bonds. The summed E-state index contributed by atoms with van der Waals surface area (Å²) in [7, 11) is -2.05. The lowest BCUT2D eigenvalue weighted by atomic mass is 10.2. The number of sulfonamides is 1. The predicted octanol–water partition coefficient (Wildman–Crippen LogP) is 2.04. The number of methoxy groups -OCH3 is 1. The fraction of sp³-hybridized carbons (Fsp3) is 0.533. The molecule has 0 fully saturated rings. The van der Waals surface area contributed by atoms with Gasteiger partial charge in [-0.25, -0.2) is 8.42 Å². The van der Waals surface area contributed by atoms with E-state index in [4.69, 9.17) is 16.3 Å². The Hall–Kier alpha value is -1.31. The van der Waals surface area contributed by atoms with E-state index in [0.29, 0.717) is 36.7 Å². The van der Waals surface area contributed by atoms with Crippen LogP contribution >= 0.6 is 11.6 Å². The highest BCUT2D eigenvalue weighted by Crippen LogP contribution is 2.25. The Bertz CT molecular complexity index is 622. The number of anilines is 1. The molecule has 0 bridgehead atoms. The van der Waals surface area contributed by atoms with Crippen molar-refractivity contribution in [1.29, 1.82) is 0 Å². The molecule has 130 valence electrons. The van der Waals surface area contributed by atoms with Gasteiger partial charge in [0.15, 0.2) is 0 Å². The van der Waals surface area contributed by atoms with Crippen molar-refractivity contribution in [3.8, 4) is 0 Å². The topological polar surface area (TPSA) is 75.7 Å². The van der Waals surface area contributed by atoms with E-state index in [1.165, 1.54) is 6.07 Å². The van der Waals surface area contributed by atoms with Gasteiger partial charge in [-0.2, -0.15) is 0 Å². The van der Waals surface area contributed by atoms with Gasteiger partial charge in [-0.15, -0.1) is 0 Å².